The molecule has 0 amide bonds. The van der Waals surface area contributed by atoms with Gasteiger partial charge in [-0.1, -0.05) is 22.0 Å². The zero-order chi connectivity index (χ0) is 13.8. The van der Waals surface area contributed by atoms with Crippen LogP contribution in [0.4, 0.5) is 0 Å². The highest BCUT2D eigenvalue weighted by molar-refractivity contribution is 9.09. The van der Waals surface area contributed by atoms with Crippen LogP contribution in [0.5, 0.6) is 11.5 Å². The summed E-state index contributed by atoms with van der Waals surface area (Å²) in [5.74, 6) is 1.44. The van der Waals surface area contributed by atoms with Gasteiger partial charge in [-0.3, -0.25) is 0 Å². The van der Waals surface area contributed by atoms with Crippen molar-refractivity contribution in [1.29, 1.82) is 0 Å². The number of benzene rings is 1. The van der Waals surface area contributed by atoms with E-state index in [2.05, 4.69) is 15.9 Å². The van der Waals surface area contributed by atoms with Crippen LogP contribution < -0.4 is 9.47 Å². The van der Waals surface area contributed by atoms with E-state index < -0.39 is 0 Å². The first-order chi connectivity index (χ1) is 9.15. The molecule has 3 nitrogen and oxygen atoms in total. The highest BCUT2D eigenvalue weighted by atomic mass is 79.9. The van der Waals surface area contributed by atoms with Gasteiger partial charge in [0.25, 0.3) is 0 Å². The Bertz CT molecular complexity index is 553. The number of hydrogen-bond acceptors (Lipinski definition) is 3. The molecule has 1 unspecified atom stereocenters. The Morgan fingerprint density at radius 3 is 2.53 bits per heavy atom. The number of alkyl halides is 1. The van der Waals surface area contributed by atoms with Crippen molar-refractivity contribution < 1.29 is 13.9 Å². The van der Waals surface area contributed by atoms with Gasteiger partial charge in [0.2, 0.25) is 0 Å². The van der Waals surface area contributed by atoms with Crippen molar-refractivity contribution in [2.75, 3.05) is 14.2 Å². The monoisotopic (exact) mass is 344 g/mol. The number of hydrogen-bond donors (Lipinski definition) is 0. The molecule has 0 aliphatic carbocycles. The van der Waals surface area contributed by atoms with E-state index in [-0.39, 0.29) is 4.83 Å². The van der Waals surface area contributed by atoms with Crippen LogP contribution in [0, 0.1) is 0 Å². The number of ether oxygens (including phenoxy) is 2. The van der Waals surface area contributed by atoms with E-state index >= 15 is 0 Å². The first-order valence-corrected chi connectivity index (χ1v) is 7.03. The van der Waals surface area contributed by atoms with Crippen LogP contribution in [0.25, 0.3) is 0 Å². The zero-order valence-electron chi connectivity index (χ0n) is 10.7. The molecule has 19 heavy (non-hydrogen) atoms. The van der Waals surface area contributed by atoms with Gasteiger partial charge in [0.05, 0.1) is 20.5 Å². The van der Waals surface area contributed by atoms with E-state index in [0.29, 0.717) is 5.22 Å². The lowest BCUT2D eigenvalue weighted by atomic mass is 10.1. The maximum absolute atomic E-state index is 5.97. The van der Waals surface area contributed by atoms with Gasteiger partial charge < -0.3 is 13.9 Å². The molecule has 0 bridgehead atoms. The molecule has 1 atom stereocenters. The highest BCUT2D eigenvalue weighted by Gasteiger charge is 2.15. The smallest absolute Gasteiger partial charge is 0.197 e. The van der Waals surface area contributed by atoms with Crippen LogP contribution in [0.3, 0.4) is 0 Å². The fourth-order valence-corrected chi connectivity index (χ4v) is 2.96. The third kappa shape index (κ3) is 3.25. The summed E-state index contributed by atoms with van der Waals surface area (Å²) < 4.78 is 15.6. The van der Waals surface area contributed by atoms with Gasteiger partial charge >= 0.3 is 0 Å². The third-order valence-electron chi connectivity index (χ3n) is 2.85. The van der Waals surface area contributed by atoms with Crippen molar-refractivity contribution in [3.05, 3.63) is 46.9 Å². The molecule has 0 spiro atoms. The van der Waals surface area contributed by atoms with Gasteiger partial charge in [-0.2, -0.15) is 0 Å². The molecule has 0 radical (unpaired) electrons. The molecule has 0 saturated heterocycles. The average Bonchev–Trinajstić information content (AvgIpc) is 2.85. The molecular formula is C14H14BrClO3. The first kappa shape index (κ1) is 14.3. The van der Waals surface area contributed by atoms with E-state index in [1.165, 1.54) is 0 Å². The fraction of sp³-hybridized carbons (Fsp3) is 0.286. The number of furan rings is 1. The molecule has 2 aromatic rings. The lowest BCUT2D eigenvalue weighted by Gasteiger charge is -2.12. The van der Waals surface area contributed by atoms with Crippen LogP contribution in [-0.2, 0) is 6.42 Å². The predicted octanol–water partition coefficient (Wildman–Crippen LogP) is 4.63. The Kier molecular flexibility index (Phi) is 4.77. The minimum absolute atomic E-state index is 0.0943. The Labute approximate surface area is 125 Å². The number of methoxy groups -OCH3 is 2. The van der Waals surface area contributed by atoms with Gasteiger partial charge in [-0.25, -0.2) is 0 Å². The minimum Gasteiger partial charge on any atom is -0.493 e. The van der Waals surface area contributed by atoms with E-state index in [1.54, 1.807) is 20.5 Å². The molecule has 2 rings (SSSR count). The van der Waals surface area contributed by atoms with Crippen molar-refractivity contribution in [3.63, 3.8) is 0 Å². The van der Waals surface area contributed by atoms with Gasteiger partial charge in [0.15, 0.2) is 16.7 Å². The topological polar surface area (TPSA) is 31.6 Å². The summed E-state index contributed by atoms with van der Waals surface area (Å²) >= 11 is 9.58. The van der Waals surface area contributed by atoms with Crippen molar-refractivity contribution >= 4 is 27.5 Å². The maximum Gasteiger partial charge on any atom is 0.197 e. The Morgan fingerprint density at radius 1 is 1.21 bits per heavy atom. The molecule has 5 heteroatoms. The van der Waals surface area contributed by atoms with Gasteiger partial charge in [-0.05, 0) is 41.8 Å². The molecule has 1 aromatic heterocycles. The van der Waals surface area contributed by atoms with Gasteiger partial charge in [0.1, 0.15) is 0 Å². The molecule has 0 N–H and O–H groups in total. The summed E-state index contributed by atoms with van der Waals surface area (Å²) in [4.78, 5) is 0.0943. The molecule has 0 aliphatic rings. The minimum atomic E-state index is 0.0943. The molecule has 102 valence electrons. The maximum atomic E-state index is 5.97. The summed E-state index contributed by atoms with van der Waals surface area (Å²) in [7, 11) is 3.25. The van der Waals surface area contributed by atoms with Crippen molar-refractivity contribution in [3.8, 4) is 11.5 Å². The molecule has 0 fully saturated rings. The van der Waals surface area contributed by atoms with Crippen LogP contribution in [0.1, 0.15) is 16.0 Å². The number of rotatable bonds is 5. The predicted molar refractivity (Wildman–Crippen MR) is 78.6 cm³/mol. The second kappa shape index (κ2) is 6.35. The molecule has 0 saturated carbocycles. The second-order valence-corrected chi connectivity index (χ2v) is 5.46. The van der Waals surface area contributed by atoms with Crippen LogP contribution in [0.2, 0.25) is 5.22 Å². The summed E-state index contributed by atoms with van der Waals surface area (Å²) in [5, 5.41) is 0.419. The summed E-state index contributed by atoms with van der Waals surface area (Å²) in [6.45, 7) is 0. The van der Waals surface area contributed by atoms with E-state index in [4.69, 9.17) is 25.5 Å². The van der Waals surface area contributed by atoms with Gasteiger partial charge in [-0.15, -0.1) is 0 Å². The van der Waals surface area contributed by atoms with E-state index in [9.17, 15) is 0 Å². The zero-order valence-corrected chi connectivity index (χ0v) is 13.0. The molecular weight excluding hydrogens is 332 g/mol. The Hall–Kier alpha value is -1.13. The number of halogens is 2. The van der Waals surface area contributed by atoms with Gasteiger partial charge in [0, 0.05) is 10.4 Å². The summed E-state index contributed by atoms with van der Waals surface area (Å²) in [6, 6.07) is 7.72. The van der Waals surface area contributed by atoms with E-state index in [1.807, 2.05) is 24.3 Å². The normalized spacial score (nSPS) is 12.2. The second-order valence-electron chi connectivity index (χ2n) is 4.01. The summed E-state index contributed by atoms with van der Waals surface area (Å²) in [5.41, 5.74) is 2.06. The van der Waals surface area contributed by atoms with Crippen LogP contribution in [-0.4, -0.2) is 14.2 Å². The van der Waals surface area contributed by atoms with Crippen molar-refractivity contribution in [1.82, 2.24) is 0 Å². The summed E-state index contributed by atoms with van der Waals surface area (Å²) in [6.07, 6.45) is 2.36. The van der Waals surface area contributed by atoms with E-state index in [0.717, 1.165) is 29.0 Å². The molecule has 1 heterocycles. The lowest BCUT2D eigenvalue weighted by molar-refractivity contribution is 0.354. The average molecular weight is 346 g/mol. The standard InChI is InChI=1S/C14H14BrClO3/c1-17-12-4-3-9(8-13(12)18-2)7-11(15)10-5-6-19-14(10)16/h3-6,8,11H,7H2,1-2H3. The largest absolute Gasteiger partial charge is 0.493 e. The molecule has 1 aromatic carbocycles. The van der Waals surface area contributed by atoms with Crippen LogP contribution >= 0.6 is 27.5 Å². The quantitative estimate of drug-likeness (QED) is 0.741. The fourth-order valence-electron chi connectivity index (χ4n) is 1.85. The Morgan fingerprint density at radius 2 is 1.95 bits per heavy atom. The molecule has 0 aliphatic heterocycles. The lowest BCUT2D eigenvalue weighted by Crippen LogP contribution is -1.97. The van der Waals surface area contributed by atoms with Crippen molar-refractivity contribution in [2.24, 2.45) is 0 Å². The Balaban J connectivity index is 2.17. The SMILES string of the molecule is COc1ccc(CC(Br)c2ccoc2Cl)cc1OC. The van der Waals surface area contributed by atoms with Crippen LogP contribution in [0.15, 0.2) is 34.9 Å². The van der Waals surface area contributed by atoms with Crippen molar-refractivity contribution in [2.45, 2.75) is 11.2 Å². The third-order valence-corrected chi connectivity index (χ3v) is 3.97. The highest BCUT2D eigenvalue weighted by Crippen LogP contribution is 2.35. The first-order valence-electron chi connectivity index (χ1n) is 5.73.